The molecule has 2 aliphatic heterocycles. The topological polar surface area (TPSA) is 179 Å². The third-order valence-corrected chi connectivity index (χ3v) is 8.70. The summed E-state index contributed by atoms with van der Waals surface area (Å²) >= 11 is 9.89. The molecule has 1 saturated heterocycles. The number of nitrogen functional groups attached to an aromatic ring is 1. The van der Waals surface area contributed by atoms with E-state index in [4.69, 9.17) is 22.2 Å². The number of oxime groups is 1. The molecule has 0 saturated carbocycles. The first-order chi connectivity index (χ1) is 18.9. The fraction of sp³-hybridized carbons (Fsp3) is 0.190. The summed E-state index contributed by atoms with van der Waals surface area (Å²) in [6.45, 7) is 0. The molecule has 3 N–H and O–H groups in total. The smallest absolute Gasteiger partial charge is 0.278 e. The number of carbonyl (C=O) groups excluding carboxylic acids is 2. The maximum absolute atomic E-state index is 13.2. The molecule has 0 spiro atoms. The van der Waals surface area contributed by atoms with Crippen molar-refractivity contribution >= 4 is 75.0 Å². The zero-order valence-electron chi connectivity index (χ0n) is 19.5. The van der Waals surface area contributed by atoms with Crippen LogP contribution in [0.5, 0.6) is 5.75 Å². The molecule has 1 fully saturated rings. The van der Waals surface area contributed by atoms with Crippen LogP contribution in [0, 0.1) is 0 Å². The molecule has 4 aromatic rings. The number of nitrogens with zero attached hydrogens (tertiary/aromatic N) is 9. The minimum atomic E-state index is -0.742. The molecule has 2 amide bonds. The molecule has 6 rings (SSSR count). The van der Waals surface area contributed by atoms with Crippen LogP contribution >= 0.6 is 46.7 Å². The highest BCUT2D eigenvalue weighted by Gasteiger charge is 2.49. The van der Waals surface area contributed by atoms with Crippen LogP contribution < -0.4 is 15.9 Å². The Morgan fingerprint density at radius 1 is 1.28 bits per heavy atom. The lowest BCUT2D eigenvalue weighted by Crippen LogP contribution is -2.69. The molecular weight excluding hydrogens is 586 g/mol. The number of nitrogens with two attached hydrogens (primary N) is 1. The van der Waals surface area contributed by atoms with Gasteiger partial charge in [-0.15, -0.1) is 38.4 Å². The van der Waals surface area contributed by atoms with E-state index in [0.717, 1.165) is 22.1 Å². The fourth-order valence-electron chi connectivity index (χ4n) is 3.63. The van der Waals surface area contributed by atoms with Gasteiger partial charge >= 0.3 is 0 Å². The van der Waals surface area contributed by atoms with Crippen LogP contribution in [-0.2, 0) is 9.59 Å². The van der Waals surface area contributed by atoms with Gasteiger partial charge in [0.15, 0.2) is 16.5 Å². The standard InChI is InChI=1S/C21H16ClN11O3S3/c22-11-1-3-12(4-2-11)36-28-15(17-25-21(23)39-29-17)18(34)24-16-19(35)32-7-10(9-38-20(16)32)8-37-14-6-5-13-26-30-31-33(13)27-14/h1-7,16,20H,8-9H2,(H,24,34)(H2,23,25,29)/t16?,20-/m0/s1. The van der Waals surface area contributed by atoms with Gasteiger partial charge in [0, 0.05) is 34.3 Å². The Balaban J connectivity index is 1.11. The van der Waals surface area contributed by atoms with E-state index < -0.39 is 11.9 Å². The number of fused-ring (bicyclic) bond motifs is 2. The van der Waals surface area contributed by atoms with E-state index in [9.17, 15) is 9.59 Å². The summed E-state index contributed by atoms with van der Waals surface area (Å²) in [5, 5.41) is 23.4. The average molecular weight is 602 g/mol. The molecule has 1 unspecified atom stereocenters. The van der Waals surface area contributed by atoms with Crippen LogP contribution in [0.25, 0.3) is 5.65 Å². The number of amides is 2. The molecule has 0 aliphatic carbocycles. The number of hydrogen-bond acceptors (Lipinski definition) is 14. The fourth-order valence-corrected chi connectivity index (χ4v) is 6.40. The zero-order valence-corrected chi connectivity index (χ0v) is 22.7. The van der Waals surface area contributed by atoms with Gasteiger partial charge in [0.05, 0.1) is 0 Å². The second-order valence-electron chi connectivity index (χ2n) is 8.11. The monoisotopic (exact) mass is 601 g/mol. The maximum atomic E-state index is 13.2. The first kappa shape index (κ1) is 25.5. The summed E-state index contributed by atoms with van der Waals surface area (Å²) in [4.78, 5) is 37.1. The van der Waals surface area contributed by atoms with E-state index in [1.54, 1.807) is 47.0 Å². The van der Waals surface area contributed by atoms with Gasteiger partial charge in [-0.2, -0.15) is 9.36 Å². The number of thioether (sulfide) groups is 2. The maximum Gasteiger partial charge on any atom is 0.278 e. The van der Waals surface area contributed by atoms with E-state index >= 15 is 0 Å². The van der Waals surface area contributed by atoms with Crippen molar-refractivity contribution in [3.05, 3.63) is 59.0 Å². The third-order valence-electron chi connectivity index (χ3n) is 5.50. The highest BCUT2D eigenvalue weighted by molar-refractivity contribution is 8.01. The number of nitrogens with one attached hydrogen (secondary N) is 1. The second-order valence-corrected chi connectivity index (χ2v) is 11.4. The highest BCUT2D eigenvalue weighted by Crippen LogP contribution is 2.37. The molecule has 3 aromatic heterocycles. The molecule has 1 aromatic carbocycles. The van der Waals surface area contributed by atoms with E-state index in [0.29, 0.717) is 27.9 Å². The molecule has 18 heteroatoms. The van der Waals surface area contributed by atoms with Crippen molar-refractivity contribution in [3.63, 3.8) is 0 Å². The van der Waals surface area contributed by atoms with Gasteiger partial charge < -0.3 is 20.8 Å². The van der Waals surface area contributed by atoms with Crippen molar-refractivity contribution in [2.75, 3.05) is 17.2 Å². The summed E-state index contributed by atoms with van der Waals surface area (Å²) in [6.07, 6.45) is 1.83. The number of tetrazole rings is 1. The quantitative estimate of drug-likeness (QED) is 0.129. The van der Waals surface area contributed by atoms with Crippen LogP contribution in [0.15, 0.2) is 58.4 Å². The Labute approximate surface area is 237 Å². The summed E-state index contributed by atoms with van der Waals surface area (Å²) in [6, 6.07) is 9.32. The number of hydrogen-bond donors (Lipinski definition) is 2. The van der Waals surface area contributed by atoms with Crippen molar-refractivity contribution in [2.24, 2.45) is 5.16 Å². The zero-order chi connectivity index (χ0) is 26.9. The Morgan fingerprint density at radius 2 is 2.13 bits per heavy atom. The lowest BCUT2D eigenvalue weighted by Gasteiger charge is -2.47. The lowest BCUT2D eigenvalue weighted by molar-refractivity contribution is -0.143. The molecule has 2 atom stereocenters. The minimum Gasteiger partial charge on any atom is -0.374 e. The van der Waals surface area contributed by atoms with Gasteiger partial charge in [0.2, 0.25) is 11.5 Å². The number of benzene rings is 1. The van der Waals surface area contributed by atoms with Crippen LogP contribution in [-0.4, -0.2) is 80.0 Å². The molecule has 0 radical (unpaired) electrons. The second kappa shape index (κ2) is 10.8. The van der Waals surface area contributed by atoms with Crippen molar-refractivity contribution in [1.29, 1.82) is 0 Å². The first-order valence-corrected chi connectivity index (χ1v) is 14.4. The Kier molecular flexibility index (Phi) is 7.03. The van der Waals surface area contributed by atoms with E-state index in [1.165, 1.54) is 16.4 Å². The third kappa shape index (κ3) is 5.38. The number of aromatic nitrogens is 7. The number of halogens is 1. The number of rotatable bonds is 8. The van der Waals surface area contributed by atoms with Gasteiger partial charge in [-0.25, -0.2) is 0 Å². The van der Waals surface area contributed by atoms with Gasteiger partial charge in [-0.3, -0.25) is 9.59 Å². The summed E-state index contributed by atoms with van der Waals surface area (Å²) < 4.78 is 5.43. The largest absolute Gasteiger partial charge is 0.374 e. The van der Waals surface area contributed by atoms with Crippen LogP contribution in [0.3, 0.4) is 0 Å². The van der Waals surface area contributed by atoms with Crippen molar-refractivity contribution in [1.82, 2.24) is 44.8 Å². The minimum absolute atomic E-state index is 0.00318. The molecule has 5 heterocycles. The molecule has 0 bridgehead atoms. The predicted molar refractivity (Wildman–Crippen MR) is 145 cm³/mol. The van der Waals surface area contributed by atoms with Crippen LogP contribution in [0.4, 0.5) is 5.13 Å². The molecule has 198 valence electrons. The molecular formula is C21H16ClN11O3S3. The summed E-state index contributed by atoms with van der Waals surface area (Å²) in [7, 11) is 0. The number of anilines is 1. The molecule has 2 aliphatic rings. The SMILES string of the molecule is Nc1nc(C(=NOc2ccc(Cl)cc2)C(=O)NC2C(=O)N3C=C(CSc4ccc5nnnn5n4)CS[C@@H]23)ns1. The highest BCUT2D eigenvalue weighted by atomic mass is 35.5. The van der Waals surface area contributed by atoms with Crippen LogP contribution in [0.1, 0.15) is 5.82 Å². The molecule has 39 heavy (non-hydrogen) atoms. The summed E-state index contributed by atoms with van der Waals surface area (Å²) in [5.41, 5.74) is 7.11. The summed E-state index contributed by atoms with van der Waals surface area (Å²) in [5.74, 6) is 0.777. The van der Waals surface area contributed by atoms with Gasteiger partial charge in [-0.1, -0.05) is 16.8 Å². The normalized spacial score (nSPS) is 18.9. The predicted octanol–water partition coefficient (Wildman–Crippen LogP) is 1.47. The van der Waals surface area contributed by atoms with Gasteiger partial charge in [0.1, 0.15) is 16.4 Å². The van der Waals surface area contributed by atoms with Crippen LogP contribution in [0.2, 0.25) is 5.02 Å². The van der Waals surface area contributed by atoms with Crippen molar-refractivity contribution in [3.8, 4) is 5.75 Å². The lowest BCUT2D eigenvalue weighted by atomic mass is 10.1. The number of β-lactam (4-membered cyclic amide) rings is 1. The number of carbonyl (C=O) groups is 2. The average Bonchev–Trinajstić information content (AvgIpc) is 3.60. The van der Waals surface area contributed by atoms with Gasteiger partial charge in [-0.05, 0) is 52.4 Å². The van der Waals surface area contributed by atoms with Gasteiger partial charge in [0.25, 0.3) is 11.8 Å². The first-order valence-electron chi connectivity index (χ1n) is 11.2. The van der Waals surface area contributed by atoms with E-state index in [2.05, 4.69) is 40.5 Å². The Morgan fingerprint density at radius 3 is 2.92 bits per heavy atom. The van der Waals surface area contributed by atoms with Crippen molar-refractivity contribution in [2.45, 2.75) is 16.4 Å². The van der Waals surface area contributed by atoms with E-state index in [1.807, 2.05) is 12.3 Å². The Bertz CT molecular complexity index is 1620. The Hall–Kier alpha value is -3.80. The van der Waals surface area contributed by atoms with Crippen molar-refractivity contribution < 1.29 is 14.4 Å². The molecule has 14 nitrogen and oxygen atoms in total. The van der Waals surface area contributed by atoms with E-state index in [-0.39, 0.29) is 27.9 Å².